The Labute approximate surface area is 123 Å². The lowest BCUT2D eigenvalue weighted by atomic mass is 10.0. The molecule has 0 bridgehead atoms. The predicted molar refractivity (Wildman–Crippen MR) is 84.7 cm³/mol. The third-order valence-corrected chi connectivity index (χ3v) is 5.72. The number of hydrogen-bond acceptors (Lipinski definition) is 3. The van der Waals surface area contributed by atoms with Gasteiger partial charge in [-0.3, -0.25) is 0 Å². The van der Waals surface area contributed by atoms with Crippen molar-refractivity contribution in [3.63, 3.8) is 0 Å². The van der Waals surface area contributed by atoms with Gasteiger partial charge < -0.3 is 5.32 Å². The van der Waals surface area contributed by atoms with Crippen molar-refractivity contribution in [2.45, 2.75) is 6.04 Å². The van der Waals surface area contributed by atoms with Gasteiger partial charge in [-0.1, -0.05) is 18.2 Å². The molecule has 2 aromatic heterocycles. The second kappa shape index (κ2) is 5.13. The third-order valence-electron chi connectivity index (χ3n) is 2.98. The first-order valence-electron chi connectivity index (χ1n) is 5.67. The summed E-state index contributed by atoms with van der Waals surface area (Å²) in [6.45, 7) is 0. The van der Waals surface area contributed by atoms with Crippen molar-refractivity contribution < 1.29 is 0 Å². The summed E-state index contributed by atoms with van der Waals surface area (Å²) in [5.74, 6) is 0. The Hall–Kier alpha value is -0.680. The van der Waals surface area contributed by atoms with Crippen molar-refractivity contribution in [2.24, 2.45) is 0 Å². The van der Waals surface area contributed by atoms with Crippen LogP contribution in [0.25, 0.3) is 10.1 Å². The van der Waals surface area contributed by atoms with Crippen LogP contribution < -0.4 is 5.32 Å². The Balaban J connectivity index is 2.14. The zero-order valence-electron chi connectivity index (χ0n) is 9.81. The van der Waals surface area contributed by atoms with E-state index in [1.165, 1.54) is 20.5 Å². The molecule has 92 valence electrons. The van der Waals surface area contributed by atoms with Crippen LogP contribution in [0.4, 0.5) is 0 Å². The number of hydrogen-bond donors (Lipinski definition) is 1. The molecular formula is C14H12BrNS2. The fraction of sp³-hybridized carbons (Fsp3) is 0.143. The van der Waals surface area contributed by atoms with E-state index >= 15 is 0 Å². The zero-order chi connectivity index (χ0) is 12.5. The third kappa shape index (κ3) is 2.14. The van der Waals surface area contributed by atoms with Gasteiger partial charge in [0.25, 0.3) is 0 Å². The Kier molecular flexibility index (Phi) is 3.52. The summed E-state index contributed by atoms with van der Waals surface area (Å²) in [5, 5.41) is 9.04. The maximum Gasteiger partial charge on any atom is 0.0683 e. The molecule has 4 heteroatoms. The molecule has 18 heavy (non-hydrogen) atoms. The van der Waals surface area contributed by atoms with Crippen LogP contribution >= 0.6 is 38.6 Å². The van der Waals surface area contributed by atoms with Gasteiger partial charge >= 0.3 is 0 Å². The summed E-state index contributed by atoms with van der Waals surface area (Å²) in [4.78, 5) is 1.34. The van der Waals surface area contributed by atoms with Crippen molar-refractivity contribution in [3.8, 4) is 0 Å². The van der Waals surface area contributed by atoms with Crippen LogP contribution in [0.2, 0.25) is 0 Å². The number of thiophene rings is 2. The van der Waals surface area contributed by atoms with Gasteiger partial charge in [-0.2, -0.15) is 0 Å². The molecule has 0 fully saturated rings. The molecule has 0 saturated carbocycles. The molecule has 1 N–H and O–H groups in total. The van der Waals surface area contributed by atoms with E-state index in [2.05, 4.69) is 62.3 Å². The molecule has 0 amide bonds. The molecule has 1 nitrogen and oxygen atoms in total. The average molecular weight is 338 g/mol. The summed E-state index contributed by atoms with van der Waals surface area (Å²) in [5.41, 5.74) is 1.36. The highest BCUT2D eigenvalue weighted by Gasteiger charge is 2.16. The van der Waals surface area contributed by atoms with Gasteiger partial charge in [0, 0.05) is 19.4 Å². The quantitative estimate of drug-likeness (QED) is 0.706. The van der Waals surface area contributed by atoms with E-state index in [1.54, 1.807) is 11.3 Å². The van der Waals surface area contributed by atoms with Gasteiger partial charge in [-0.05, 0) is 51.4 Å². The second-order valence-corrected chi connectivity index (χ2v) is 6.85. The van der Waals surface area contributed by atoms with E-state index in [1.807, 2.05) is 18.4 Å². The average Bonchev–Trinajstić information content (AvgIpc) is 2.99. The maximum absolute atomic E-state index is 3.53. The van der Waals surface area contributed by atoms with Gasteiger partial charge in [-0.25, -0.2) is 0 Å². The molecule has 0 aliphatic carbocycles. The molecule has 3 aromatic rings. The first kappa shape index (κ1) is 12.4. The maximum atomic E-state index is 3.53. The van der Waals surface area contributed by atoms with Gasteiger partial charge in [0.1, 0.15) is 0 Å². The lowest BCUT2D eigenvalue weighted by molar-refractivity contribution is 0.710. The first-order valence-corrected chi connectivity index (χ1v) is 8.22. The number of nitrogens with one attached hydrogen (secondary N) is 1. The molecule has 0 radical (unpaired) electrons. The number of benzene rings is 1. The largest absolute Gasteiger partial charge is 0.309 e. The molecule has 0 aliphatic heterocycles. The summed E-state index contributed by atoms with van der Waals surface area (Å²) in [7, 11) is 2.02. The molecule has 3 rings (SSSR count). The van der Waals surface area contributed by atoms with Gasteiger partial charge in [0.15, 0.2) is 0 Å². The van der Waals surface area contributed by atoms with Crippen LogP contribution in [0.1, 0.15) is 16.5 Å². The molecule has 1 unspecified atom stereocenters. The SMILES string of the molecule is CNC(c1cc(Br)cs1)c1cccc2ccsc12. The highest BCUT2D eigenvalue weighted by molar-refractivity contribution is 9.10. The minimum Gasteiger partial charge on any atom is -0.309 e. The highest BCUT2D eigenvalue weighted by atomic mass is 79.9. The van der Waals surface area contributed by atoms with Gasteiger partial charge in [0.05, 0.1) is 6.04 Å². The minimum atomic E-state index is 0.267. The highest BCUT2D eigenvalue weighted by Crippen LogP contribution is 2.35. The first-order chi connectivity index (χ1) is 8.79. The monoisotopic (exact) mass is 337 g/mol. The minimum absolute atomic E-state index is 0.267. The summed E-state index contributed by atoms with van der Waals surface area (Å²) >= 11 is 7.13. The van der Waals surface area contributed by atoms with E-state index in [0.29, 0.717) is 0 Å². The van der Waals surface area contributed by atoms with Crippen molar-refractivity contribution in [3.05, 3.63) is 56.0 Å². The Bertz CT molecular complexity index is 671. The standard InChI is InChI=1S/C14H12BrNS2/c1-16-13(12-7-10(15)8-18-12)11-4-2-3-9-5-6-17-14(9)11/h2-8,13,16H,1H3. The summed E-state index contributed by atoms with van der Waals surface area (Å²) in [6.07, 6.45) is 0. The second-order valence-electron chi connectivity index (χ2n) is 4.08. The van der Waals surface area contributed by atoms with Crippen LogP contribution in [0.15, 0.2) is 45.6 Å². The van der Waals surface area contributed by atoms with E-state index in [0.717, 1.165) is 4.47 Å². The van der Waals surface area contributed by atoms with E-state index in [9.17, 15) is 0 Å². The van der Waals surface area contributed by atoms with E-state index in [-0.39, 0.29) is 6.04 Å². The van der Waals surface area contributed by atoms with Crippen molar-refractivity contribution >= 4 is 48.7 Å². The number of fused-ring (bicyclic) bond motifs is 1. The molecule has 1 aromatic carbocycles. The topological polar surface area (TPSA) is 12.0 Å². The lowest BCUT2D eigenvalue weighted by Gasteiger charge is -2.15. The van der Waals surface area contributed by atoms with Crippen molar-refractivity contribution in [1.82, 2.24) is 5.32 Å². The summed E-state index contributed by atoms with van der Waals surface area (Å²) in [6, 6.07) is 11.2. The molecule has 0 aliphatic rings. The van der Waals surface area contributed by atoms with Crippen LogP contribution in [-0.2, 0) is 0 Å². The molecule has 1 atom stereocenters. The molecule has 0 spiro atoms. The Morgan fingerprint density at radius 2 is 2.11 bits per heavy atom. The number of halogens is 1. The van der Waals surface area contributed by atoms with E-state index in [4.69, 9.17) is 0 Å². The van der Waals surface area contributed by atoms with Gasteiger partial charge in [0.2, 0.25) is 0 Å². The van der Waals surface area contributed by atoms with Gasteiger partial charge in [-0.15, -0.1) is 22.7 Å². The Morgan fingerprint density at radius 1 is 1.22 bits per heavy atom. The van der Waals surface area contributed by atoms with Crippen LogP contribution in [-0.4, -0.2) is 7.05 Å². The van der Waals surface area contributed by atoms with Crippen LogP contribution in [0, 0.1) is 0 Å². The fourth-order valence-electron chi connectivity index (χ4n) is 2.17. The van der Waals surface area contributed by atoms with Crippen molar-refractivity contribution in [1.29, 1.82) is 0 Å². The normalized spacial score (nSPS) is 13.0. The fourth-order valence-corrected chi connectivity index (χ4v) is 4.69. The van der Waals surface area contributed by atoms with Crippen LogP contribution in [0.5, 0.6) is 0 Å². The zero-order valence-corrected chi connectivity index (χ0v) is 13.0. The smallest absolute Gasteiger partial charge is 0.0683 e. The number of rotatable bonds is 3. The molecular weight excluding hydrogens is 326 g/mol. The predicted octanol–water partition coefficient (Wildman–Crippen LogP) is 5.03. The Morgan fingerprint density at radius 3 is 2.83 bits per heavy atom. The van der Waals surface area contributed by atoms with E-state index < -0.39 is 0 Å². The van der Waals surface area contributed by atoms with Crippen LogP contribution in [0.3, 0.4) is 0 Å². The summed E-state index contributed by atoms with van der Waals surface area (Å²) < 4.78 is 2.53. The van der Waals surface area contributed by atoms with Crippen molar-refractivity contribution in [2.75, 3.05) is 7.05 Å². The molecule has 2 heterocycles. The molecule has 0 saturated heterocycles. The lowest BCUT2D eigenvalue weighted by Crippen LogP contribution is -2.16.